The van der Waals surface area contributed by atoms with Crippen LogP contribution in [0.3, 0.4) is 0 Å². The van der Waals surface area contributed by atoms with E-state index in [1.165, 1.54) is 17.5 Å². The van der Waals surface area contributed by atoms with Crippen LogP contribution in [0.15, 0.2) is 53.5 Å². The maximum atomic E-state index is 12.7. The Balaban J connectivity index is 0.00000370. The van der Waals surface area contributed by atoms with Gasteiger partial charge in [0, 0.05) is 57.4 Å². The van der Waals surface area contributed by atoms with Gasteiger partial charge in [-0.2, -0.15) is 13.5 Å². The minimum absolute atomic E-state index is 0. The molecule has 12 heteroatoms. The first-order valence-corrected chi connectivity index (χ1v) is 13.3. The van der Waals surface area contributed by atoms with Crippen LogP contribution in [0, 0.1) is 0 Å². The van der Waals surface area contributed by atoms with Crippen molar-refractivity contribution in [3.8, 4) is 5.75 Å². The number of β-amino-alcohol motifs (C(OH)–C–C–N with tert-alkyl or cyclic N) is 1. The number of aliphatic hydroxyl groups is 1. The monoisotopic (exact) mass is 568 g/mol. The molecular weight excluding hydrogens is 532 g/mol. The second-order valence-electron chi connectivity index (χ2n) is 9.96. The van der Waals surface area contributed by atoms with Gasteiger partial charge >= 0.3 is 0 Å². The van der Waals surface area contributed by atoms with Gasteiger partial charge in [0.05, 0.1) is 18.3 Å². The number of aromatic nitrogens is 2. The van der Waals surface area contributed by atoms with Crippen molar-refractivity contribution in [2.75, 3.05) is 38.0 Å². The lowest BCUT2D eigenvalue weighted by molar-refractivity contribution is -0.134. The van der Waals surface area contributed by atoms with E-state index in [9.17, 15) is 14.7 Å². The molecule has 1 saturated heterocycles. The van der Waals surface area contributed by atoms with Gasteiger partial charge < -0.3 is 29.8 Å². The molecule has 0 radical (unpaired) electrons. The van der Waals surface area contributed by atoms with Crippen LogP contribution in [0.1, 0.15) is 40.6 Å². The lowest BCUT2D eigenvalue weighted by atomic mass is 9.99. The standard InChI is InChI=1S/C28H34N6O5.H2S/c1-2-27(36)34-14-22(15-34)32-26-10-20(5-7-30-26)28(37)31-11-23(35)16-33-8-6-19-9-24(4-3-21(19)13-33)38-17-25-12-29-18-39-25;/h3-5,7,9-10,12,18,22-23,35H,2,6,8,11,13-17H2,1H3,(H,30,32)(H,31,37);1H2/t23-;/m0./s1. The summed E-state index contributed by atoms with van der Waals surface area (Å²) in [6, 6.07) is 9.52. The Morgan fingerprint density at radius 1 is 1.23 bits per heavy atom. The summed E-state index contributed by atoms with van der Waals surface area (Å²) in [7, 11) is 0. The van der Waals surface area contributed by atoms with E-state index < -0.39 is 6.10 Å². The molecule has 214 valence electrons. The molecule has 3 N–H and O–H groups in total. The van der Waals surface area contributed by atoms with Crippen LogP contribution in [0.4, 0.5) is 5.82 Å². The summed E-state index contributed by atoms with van der Waals surface area (Å²) >= 11 is 0. The molecule has 11 nitrogen and oxygen atoms in total. The number of fused-ring (bicyclic) bond motifs is 1. The third-order valence-corrected chi connectivity index (χ3v) is 7.01. The van der Waals surface area contributed by atoms with Gasteiger partial charge in [-0.3, -0.25) is 14.5 Å². The smallest absolute Gasteiger partial charge is 0.251 e. The maximum absolute atomic E-state index is 12.7. The van der Waals surface area contributed by atoms with Crippen LogP contribution in [-0.2, 0) is 24.4 Å². The van der Waals surface area contributed by atoms with Crippen molar-refractivity contribution in [1.29, 1.82) is 0 Å². The van der Waals surface area contributed by atoms with E-state index in [2.05, 4.69) is 37.6 Å². The normalized spacial score (nSPS) is 15.8. The highest BCUT2D eigenvalue weighted by Gasteiger charge is 2.29. The van der Waals surface area contributed by atoms with Crippen molar-refractivity contribution in [3.63, 3.8) is 0 Å². The Bertz CT molecular complexity index is 1280. The summed E-state index contributed by atoms with van der Waals surface area (Å²) < 4.78 is 11.0. The van der Waals surface area contributed by atoms with Gasteiger partial charge in [-0.25, -0.2) is 9.97 Å². The molecule has 3 aromatic rings. The molecule has 2 amide bonds. The fourth-order valence-electron chi connectivity index (χ4n) is 4.83. The van der Waals surface area contributed by atoms with Crippen molar-refractivity contribution in [2.45, 2.75) is 45.1 Å². The number of ether oxygens (including phenoxy) is 1. The first kappa shape index (κ1) is 29.4. The van der Waals surface area contributed by atoms with E-state index in [0.717, 1.165) is 25.3 Å². The van der Waals surface area contributed by atoms with E-state index in [4.69, 9.17) is 9.15 Å². The quantitative estimate of drug-likeness (QED) is 0.317. The predicted octanol–water partition coefficient (Wildman–Crippen LogP) is 1.94. The molecule has 0 unspecified atom stereocenters. The number of oxazole rings is 1. The molecule has 0 bridgehead atoms. The highest BCUT2D eigenvalue weighted by molar-refractivity contribution is 7.59. The van der Waals surface area contributed by atoms with Gasteiger partial charge in [-0.1, -0.05) is 13.0 Å². The zero-order valence-electron chi connectivity index (χ0n) is 22.5. The second-order valence-corrected chi connectivity index (χ2v) is 9.96. The van der Waals surface area contributed by atoms with Gasteiger partial charge in [0.25, 0.3) is 5.91 Å². The third kappa shape index (κ3) is 7.52. The molecule has 4 heterocycles. The van der Waals surface area contributed by atoms with Crippen LogP contribution in [0.25, 0.3) is 0 Å². The van der Waals surface area contributed by atoms with Crippen molar-refractivity contribution in [1.82, 2.24) is 25.1 Å². The molecule has 0 saturated carbocycles. The number of carbonyl (C=O) groups is 2. The topological polar surface area (TPSA) is 133 Å². The molecule has 1 fully saturated rings. The number of amides is 2. The van der Waals surface area contributed by atoms with E-state index >= 15 is 0 Å². The van der Waals surface area contributed by atoms with E-state index in [0.29, 0.717) is 49.8 Å². The molecule has 2 aliphatic heterocycles. The summed E-state index contributed by atoms with van der Waals surface area (Å²) in [4.78, 5) is 36.6. The Labute approximate surface area is 240 Å². The lowest BCUT2D eigenvalue weighted by Crippen LogP contribution is -2.56. The van der Waals surface area contributed by atoms with Crippen LogP contribution in [0.2, 0.25) is 0 Å². The lowest BCUT2D eigenvalue weighted by Gasteiger charge is -2.39. The number of hydrogen-bond donors (Lipinski definition) is 3. The van der Waals surface area contributed by atoms with E-state index in [-0.39, 0.29) is 37.9 Å². The third-order valence-electron chi connectivity index (χ3n) is 7.01. The molecule has 1 atom stereocenters. The number of nitrogens with zero attached hydrogens (tertiary/aromatic N) is 4. The number of carbonyl (C=O) groups excluding carboxylic acids is 2. The average molecular weight is 569 g/mol. The number of nitrogens with one attached hydrogen (secondary N) is 2. The van der Waals surface area contributed by atoms with Crippen molar-refractivity contribution in [2.24, 2.45) is 0 Å². The minimum Gasteiger partial charge on any atom is -0.486 e. The van der Waals surface area contributed by atoms with Crippen LogP contribution in [-0.4, -0.2) is 81.6 Å². The number of rotatable bonds is 11. The zero-order chi connectivity index (χ0) is 27.2. The fraction of sp³-hybridized carbons (Fsp3) is 0.429. The first-order chi connectivity index (χ1) is 19.0. The van der Waals surface area contributed by atoms with Gasteiger partial charge in [0.15, 0.2) is 12.2 Å². The molecule has 2 aromatic heterocycles. The SMILES string of the molecule is CCC(=O)N1CC(Nc2cc(C(=O)NC[C@H](O)CN3CCc4cc(OCc5cnco5)ccc4C3)ccn2)C1.S. The van der Waals surface area contributed by atoms with Crippen molar-refractivity contribution in [3.05, 3.63) is 71.6 Å². The number of likely N-dealkylation sites (tertiary alicyclic amines) is 1. The van der Waals surface area contributed by atoms with Crippen LogP contribution in [0.5, 0.6) is 5.75 Å². The van der Waals surface area contributed by atoms with Crippen LogP contribution < -0.4 is 15.4 Å². The van der Waals surface area contributed by atoms with E-state index in [1.54, 1.807) is 29.4 Å². The number of anilines is 1. The Morgan fingerprint density at radius 2 is 2.08 bits per heavy atom. The van der Waals surface area contributed by atoms with Crippen molar-refractivity contribution < 1.29 is 23.8 Å². The highest BCUT2D eigenvalue weighted by atomic mass is 32.1. The van der Waals surface area contributed by atoms with Gasteiger partial charge in [0.2, 0.25) is 5.91 Å². The molecular formula is C28H36N6O5S. The predicted molar refractivity (Wildman–Crippen MR) is 153 cm³/mol. The Kier molecular flexibility index (Phi) is 10.0. The number of aliphatic hydroxyl groups excluding tert-OH is 1. The van der Waals surface area contributed by atoms with Crippen LogP contribution >= 0.6 is 13.5 Å². The van der Waals surface area contributed by atoms with Gasteiger partial charge in [0.1, 0.15) is 18.2 Å². The van der Waals surface area contributed by atoms with E-state index in [1.807, 2.05) is 13.0 Å². The van der Waals surface area contributed by atoms with Gasteiger partial charge in [-0.05, 0) is 41.8 Å². The first-order valence-electron chi connectivity index (χ1n) is 13.3. The highest BCUT2D eigenvalue weighted by Crippen LogP contribution is 2.24. The molecule has 40 heavy (non-hydrogen) atoms. The second kappa shape index (κ2) is 13.6. The maximum Gasteiger partial charge on any atom is 0.251 e. The molecule has 2 aliphatic rings. The van der Waals surface area contributed by atoms with Gasteiger partial charge in [-0.15, -0.1) is 0 Å². The Hall–Kier alpha value is -3.61. The summed E-state index contributed by atoms with van der Waals surface area (Å²) in [5.74, 6) is 1.93. The number of benzene rings is 1. The molecule has 1 aromatic carbocycles. The van der Waals surface area contributed by atoms with Crippen molar-refractivity contribution >= 4 is 31.1 Å². The summed E-state index contributed by atoms with van der Waals surface area (Å²) in [6.07, 6.45) is 5.26. The molecule has 0 aliphatic carbocycles. The number of pyridine rings is 1. The molecule has 0 spiro atoms. The summed E-state index contributed by atoms with van der Waals surface area (Å²) in [5, 5.41) is 16.7. The minimum atomic E-state index is -0.698. The largest absolute Gasteiger partial charge is 0.486 e. The fourth-order valence-corrected chi connectivity index (χ4v) is 4.83. The summed E-state index contributed by atoms with van der Waals surface area (Å²) in [6.45, 7) is 5.61. The number of hydrogen-bond acceptors (Lipinski definition) is 9. The average Bonchev–Trinajstić information content (AvgIpc) is 3.46. The summed E-state index contributed by atoms with van der Waals surface area (Å²) in [5.41, 5.74) is 2.90. The Morgan fingerprint density at radius 3 is 2.85 bits per heavy atom. The zero-order valence-corrected chi connectivity index (χ0v) is 23.5. The molecule has 5 rings (SSSR count).